The summed E-state index contributed by atoms with van der Waals surface area (Å²) in [5.41, 5.74) is 0.960. The van der Waals surface area contributed by atoms with Crippen LogP contribution in [0.1, 0.15) is 24.4 Å². The Balaban J connectivity index is 2.18. The Bertz CT molecular complexity index is 334. The average Bonchev–Trinajstić information content (AvgIpc) is 2.19. The molecule has 14 heavy (non-hydrogen) atoms. The molecule has 0 spiro atoms. The zero-order chi connectivity index (χ0) is 9.97. The number of hydrogen-bond acceptors (Lipinski definition) is 2. The summed E-state index contributed by atoms with van der Waals surface area (Å²) < 4.78 is 12.6. The maximum Gasteiger partial charge on any atom is 0.123 e. The Hall–Kier alpha value is -1.22. The average molecular weight is 193 g/mol. The summed E-state index contributed by atoms with van der Waals surface area (Å²) >= 11 is 0. The third-order valence-corrected chi connectivity index (χ3v) is 2.41. The SMILES string of the molecule is OC1CC=NC(c2ccc(F)cc2)C1. The van der Waals surface area contributed by atoms with Crippen molar-refractivity contribution in [2.45, 2.75) is 25.0 Å². The van der Waals surface area contributed by atoms with Crippen LogP contribution in [0.5, 0.6) is 0 Å². The van der Waals surface area contributed by atoms with Gasteiger partial charge in [0.1, 0.15) is 5.82 Å². The fourth-order valence-electron chi connectivity index (χ4n) is 1.63. The van der Waals surface area contributed by atoms with Gasteiger partial charge < -0.3 is 5.11 Å². The van der Waals surface area contributed by atoms with Crippen molar-refractivity contribution >= 4 is 6.21 Å². The fraction of sp³-hybridized carbons (Fsp3) is 0.364. The first-order valence-corrected chi connectivity index (χ1v) is 4.71. The minimum atomic E-state index is -0.317. The van der Waals surface area contributed by atoms with Crippen LogP contribution in [0.25, 0.3) is 0 Å². The van der Waals surface area contributed by atoms with Crippen LogP contribution in [0.2, 0.25) is 0 Å². The second-order valence-electron chi connectivity index (χ2n) is 3.52. The molecule has 0 bridgehead atoms. The summed E-state index contributed by atoms with van der Waals surface area (Å²) in [5, 5.41) is 9.43. The summed E-state index contributed by atoms with van der Waals surface area (Å²) in [7, 11) is 0. The number of hydrogen-bond donors (Lipinski definition) is 1. The van der Waals surface area contributed by atoms with Crippen LogP contribution in [0.15, 0.2) is 29.3 Å². The van der Waals surface area contributed by atoms with Crippen molar-refractivity contribution in [2.24, 2.45) is 4.99 Å². The van der Waals surface area contributed by atoms with Gasteiger partial charge in [0.15, 0.2) is 0 Å². The smallest absolute Gasteiger partial charge is 0.123 e. The van der Waals surface area contributed by atoms with Crippen molar-refractivity contribution in [2.75, 3.05) is 0 Å². The van der Waals surface area contributed by atoms with Gasteiger partial charge in [-0.1, -0.05) is 12.1 Å². The lowest BCUT2D eigenvalue weighted by molar-refractivity contribution is 0.159. The van der Waals surface area contributed by atoms with Crippen molar-refractivity contribution in [1.29, 1.82) is 0 Å². The van der Waals surface area contributed by atoms with Gasteiger partial charge in [0.25, 0.3) is 0 Å². The number of halogens is 1. The maximum atomic E-state index is 12.6. The molecule has 2 nitrogen and oxygen atoms in total. The summed E-state index contributed by atoms with van der Waals surface area (Å²) in [5.74, 6) is -0.242. The third kappa shape index (κ3) is 1.99. The molecule has 1 aliphatic rings. The first-order chi connectivity index (χ1) is 6.75. The summed E-state index contributed by atoms with van der Waals surface area (Å²) in [4.78, 5) is 4.27. The Morgan fingerprint density at radius 2 is 2.00 bits per heavy atom. The number of aliphatic hydroxyl groups is 1. The van der Waals surface area contributed by atoms with E-state index in [1.54, 1.807) is 18.3 Å². The number of rotatable bonds is 1. The zero-order valence-electron chi connectivity index (χ0n) is 7.73. The van der Waals surface area contributed by atoms with Crippen LogP contribution in [0, 0.1) is 5.82 Å². The van der Waals surface area contributed by atoms with E-state index in [0.717, 1.165) is 5.56 Å². The monoisotopic (exact) mass is 193 g/mol. The van der Waals surface area contributed by atoms with Gasteiger partial charge in [0.05, 0.1) is 12.1 Å². The van der Waals surface area contributed by atoms with Crippen molar-refractivity contribution in [3.63, 3.8) is 0 Å². The van der Waals surface area contributed by atoms with E-state index in [1.165, 1.54) is 12.1 Å². The molecule has 1 heterocycles. The largest absolute Gasteiger partial charge is 0.393 e. The first-order valence-electron chi connectivity index (χ1n) is 4.71. The number of aliphatic hydroxyl groups excluding tert-OH is 1. The minimum absolute atomic E-state index is 0.0145. The van der Waals surface area contributed by atoms with Crippen LogP contribution in [-0.2, 0) is 0 Å². The lowest BCUT2D eigenvalue weighted by Gasteiger charge is -2.20. The van der Waals surface area contributed by atoms with E-state index in [2.05, 4.69) is 4.99 Å². The molecule has 74 valence electrons. The molecule has 3 heteroatoms. The molecule has 0 amide bonds. The molecule has 1 aliphatic heterocycles. The molecule has 2 rings (SSSR count). The minimum Gasteiger partial charge on any atom is -0.393 e. The van der Waals surface area contributed by atoms with Crippen LogP contribution < -0.4 is 0 Å². The number of aliphatic imine (C=N–C) groups is 1. The Morgan fingerprint density at radius 1 is 1.29 bits per heavy atom. The highest BCUT2D eigenvalue weighted by Crippen LogP contribution is 2.26. The fourth-order valence-corrected chi connectivity index (χ4v) is 1.63. The van der Waals surface area contributed by atoms with Gasteiger partial charge >= 0.3 is 0 Å². The summed E-state index contributed by atoms with van der Waals surface area (Å²) in [6, 6.07) is 6.27. The molecule has 0 fully saturated rings. The Morgan fingerprint density at radius 3 is 2.64 bits per heavy atom. The molecule has 1 aromatic carbocycles. The molecule has 2 atom stereocenters. The standard InChI is InChI=1S/C11H12FNO/c12-9-3-1-8(2-4-9)11-7-10(14)5-6-13-11/h1-4,6,10-11,14H,5,7H2. The van der Waals surface area contributed by atoms with E-state index in [-0.39, 0.29) is 18.0 Å². The topological polar surface area (TPSA) is 32.6 Å². The van der Waals surface area contributed by atoms with Crippen LogP contribution >= 0.6 is 0 Å². The van der Waals surface area contributed by atoms with E-state index in [0.29, 0.717) is 12.8 Å². The van der Waals surface area contributed by atoms with Crippen molar-refractivity contribution in [3.05, 3.63) is 35.6 Å². The van der Waals surface area contributed by atoms with Crippen molar-refractivity contribution < 1.29 is 9.50 Å². The van der Waals surface area contributed by atoms with Gasteiger partial charge in [-0.25, -0.2) is 4.39 Å². The van der Waals surface area contributed by atoms with E-state index in [4.69, 9.17) is 0 Å². The van der Waals surface area contributed by atoms with Crippen molar-refractivity contribution in [3.8, 4) is 0 Å². The molecule has 0 radical (unpaired) electrons. The molecule has 0 aromatic heterocycles. The van der Waals surface area contributed by atoms with Gasteiger partial charge in [-0.2, -0.15) is 0 Å². The Labute approximate surface area is 82.1 Å². The highest BCUT2D eigenvalue weighted by molar-refractivity contribution is 5.59. The predicted molar refractivity (Wildman–Crippen MR) is 52.9 cm³/mol. The van der Waals surface area contributed by atoms with Crippen molar-refractivity contribution in [1.82, 2.24) is 0 Å². The lowest BCUT2D eigenvalue weighted by atomic mass is 9.98. The summed E-state index contributed by atoms with van der Waals surface area (Å²) in [6.07, 6.45) is 2.67. The quantitative estimate of drug-likeness (QED) is 0.727. The normalized spacial score (nSPS) is 26.4. The van der Waals surface area contributed by atoms with E-state index >= 15 is 0 Å². The van der Waals surface area contributed by atoms with E-state index in [1.807, 2.05) is 0 Å². The molecule has 0 saturated carbocycles. The second kappa shape index (κ2) is 3.88. The number of benzene rings is 1. The van der Waals surface area contributed by atoms with Gasteiger partial charge in [-0.15, -0.1) is 0 Å². The van der Waals surface area contributed by atoms with E-state index in [9.17, 15) is 9.50 Å². The van der Waals surface area contributed by atoms with Gasteiger partial charge in [-0.3, -0.25) is 4.99 Å². The zero-order valence-corrected chi connectivity index (χ0v) is 7.73. The van der Waals surface area contributed by atoms with Crippen LogP contribution in [0.4, 0.5) is 4.39 Å². The highest BCUT2D eigenvalue weighted by atomic mass is 19.1. The molecular formula is C11H12FNO. The third-order valence-electron chi connectivity index (χ3n) is 2.41. The molecule has 0 saturated heterocycles. The van der Waals surface area contributed by atoms with Gasteiger partial charge in [0, 0.05) is 19.1 Å². The molecule has 0 aliphatic carbocycles. The van der Waals surface area contributed by atoms with Gasteiger partial charge in [0.2, 0.25) is 0 Å². The number of nitrogens with zero attached hydrogens (tertiary/aromatic N) is 1. The predicted octanol–water partition coefficient (Wildman–Crippen LogP) is 2.09. The second-order valence-corrected chi connectivity index (χ2v) is 3.52. The molecule has 2 unspecified atom stereocenters. The van der Waals surface area contributed by atoms with Crippen LogP contribution in [-0.4, -0.2) is 17.4 Å². The van der Waals surface area contributed by atoms with Crippen LogP contribution in [0.3, 0.4) is 0 Å². The maximum absolute atomic E-state index is 12.6. The van der Waals surface area contributed by atoms with E-state index < -0.39 is 0 Å². The first kappa shape index (κ1) is 9.34. The lowest BCUT2D eigenvalue weighted by Crippen LogP contribution is -2.16. The highest BCUT2D eigenvalue weighted by Gasteiger charge is 2.18. The molecular weight excluding hydrogens is 181 g/mol. The Kier molecular flexibility index (Phi) is 2.59. The summed E-state index contributed by atoms with van der Waals surface area (Å²) in [6.45, 7) is 0. The molecule has 1 N–H and O–H groups in total. The molecule has 1 aromatic rings. The van der Waals surface area contributed by atoms with Gasteiger partial charge in [-0.05, 0) is 17.7 Å².